The van der Waals surface area contributed by atoms with E-state index < -0.39 is 6.17 Å². The van der Waals surface area contributed by atoms with Crippen molar-refractivity contribution in [2.24, 2.45) is 0 Å². The van der Waals surface area contributed by atoms with E-state index in [1.165, 1.54) is 11.3 Å². The highest BCUT2D eigenvalue weighted by molar-refractivity contribution is 7.22. The van der Waals surface area contributed by atoms with Gasteiger partial charge in [0.1, 0.15) is 22.7 Å². The van der Waals surface area contributed by atoms with Gasteiger partial charge in [0.25, 0.3) is 5.56 Å². The van der Waals surface area contributed by atoms with E-state index in [0.717, 1.165) is 39.3 Å². The number of thiophene rings is 1. The first-order valence-corrected chi connectivity index (χ1v) is 9.14. The number of aromatic nitrogens is 3. The van der Waals surface area contributed by atoms with Crippen molar-refractivity contribution in [3.63, 3.8) is 0 Å². The van der Waals surface area contributed by atoms with E-state index in [1.54, 1.807) is 12.4 Å². The number of hydrogen-bond donors (Lipinski definition) is 2. The van der Waals surface area contributed by atoms with Gasteiger partial charge in [-0.25, -0.2) is 4.39 Å². The fourth-order valence-electron chi connectivity index (χ4n) is 3.70. The van der Waals surface area contributed by atoms with Crippen LogP contribution in [0.2, 0.25) is 0 Å². The third kappa shape index (κ3) is 2.31. The third-order valence-corrected chi connectivity index (χ3v) is 6.09. The predicted octanol–water partition coefficient (Wildman–Crippen LogP) is 2.46. The summed E-state index contributed by atoms with van der Waals surface area (Å²) in [7, 11) is 0. The van der Waals surface area contributed by atoms with Crippen LogP contribution >= 0.6 is 11.3 Å². The summed E-state index contributed by atoms with van der Waals surface area (Å²) in [6.45, 7) is 3.47. The molecule has 1 fully saturated rings. The lowest BCUT2D eigenvalue weighted by molar-refractivity contribution is 0.0576. The van der Waals surface area contributed by atoms with Crippen molar-refractivity contribution < 1.29 is 9.13 Å². The molecule has 0 amide bonds. The molecule has 0 aromatic carbocycles. The number of aromatic amines is 2. The van der Waals surface area contributed by atoms with E-state index in [2.05, 4.69) is 15.2 Å². The first-order valence-electron chi connectivity index (χ1n) is 8.33. The van der Waals surface area contributed by atoms with Gasteiger partial charge in [0.15, 0.2) is 0 Å². The number of nitrogens with zero attached hydrogens (tertiary/aromatic N) is 2. The minimum absolute atomic E-state index is 0.0194. The summed E-state index contributed by atoms with van der Waals surface area (Å²) in [4.78, 5) is 18.6. The molecule has 0 spiro atoms. The van der Waals surface area contributed by atoms with Crippen LogP contribution in [0.15, 0.2) is 17.2 Å². The number of hydrogen-bond acceptors (Lipinski definition) is 5. The number of rotatable bonds is 3. The molecular formula is C17H17FN4O2S. The SMILES string of the molecule is C[C@H]1Cc2c(CN3CC(F)C3)[nH]c(=O)c3sc(-c4cn[nH]c4)c(c23)O1. The number of pyridine rings is 1. The predicted molar refractivity (Wildman–Crippen MR) is 94.0 cm³/mol. The number of H-pyrrole nitrogens is 2. The zero-order chi connectivity index (χ0) is 17.1. The summed E-state index contributed by atoms with van der Waals surface area (Å²) in [6.07, 6.45) is 3.55. The molecule has 5 heterocycles. The van der Waals surface area contributed by atoms with Crippen molar-refractivity contribution in [3.8, 4) is 16.2 Å². The molecule has 8 heteroatoms. The zero-order valence-electron chi connectivity index (χ0n) is 13.6. The van der Waals surface area contributed by atoms with Gasteiger partial charge >= 0.3 is 0 Å². The fraction of sp³-hybridized carbons (Fsp3) is 0.412. The fourth-order valence-corrected chi connectivity index (χ4v) is 4.84. The lowest BCUT2D eigenvalue weighted by Gasteiger charge is -2.35. The Bertz CT molecular complexity index is 1000. The Balaban J connectivity index is 1.70. The Morgan fingerprint density at radius 2 is 2.32 bits per heavy atom. The molecule has 3 aromatic rings. The first kappa shape index (κ1) is 15.1. The molecule has 0 aliphatic carbocycles. The third-order valence-electron chi connectivity index (χ3n) is 4.87. The second kappa shape index (κ2) is 5.40. The standard InChI is InChI=1S/C17H17FN4O2S/c1-8-2-11-12(7-22-5-10(18)6-22)21-17(23)16-13(11)14(24-8)15(25-16)9-3-19-20-4-9/h3-4,8,10H,2,5-7H2,1H3,(H,19,20)(H,21,23)/t8-/m0/s1. The van der Waals surface area contributed by atoms with Gasteiger partial charge in [0.05, 0.1) is 11.1 Å². The molecule has 1 saturated heterocycles. The Labute approximate surface area is 146 Å². The molecule has 2 aliphatic rings. The van der Waals surface area contributed by atoms with Crippen LogP contribution in [0, 0.1) is 0 Å². The van der Waals surface area contributed by atoms with Crippen LogP contribution in [0.1, 0.15) is 18.2 Å². The van der Waals surface area contributed by atoms with Crippen LogP contribution in [0.4, 0.5) is 4.39 Å². The summed E-state index contributed by atoms with van der Waals surface area (Å²) >= 11 is 1.43. The maximum absolute atomic E-state index is 13.1. The van der Waals surface area contributed by atoms with Crippen molar-refractivity contribution in [2.45, 2.75) is 32.2 Å². The molecule has 130 valence electrons. The molecule has 5 rings (SSSR count). The van der Waals surface area contributed by atoms with Gasteiger partial charge in [-0.3, -0.25) is 14.8 Å². The average Bonchev–Trinajstić information content (AvgIpc) is 3.18. The Morgan fingerprint density at radius 3 is 3.04 bits per heavy atom. The monoisotopic (exact) mass is 360 g/mol. The molecule has 2 N–H and O–H groups in total. The summed E-state index contributed by atoms with van der Waals surface area (Å²) in [5, 5.41) is 7.73. The summed E-state index contributed by atoms with van der Waals surface area (Å²) in [5.74, 6) is 0.773. The summed E-state index contributed by atoms with van der Waals surface area (Å²) < 4.78 is 19.9. The van der Waals surface area contributed by atoms with Crippen LogP contribution in [0.5, 0.6) is 5.75 Å². The van der Waals surface area contributed by atoms with E-state index in [1.807, 2.05) is 11.8 Å². The van der Waals surface area contributed by atoms with E-state index >= 15 is 0 Å². The van der Waals surface area contributed by atoms with Gasteiger partial charge in [0.2, 0.25) is 0 Å². The zero-order valence-corrected chi connectivity index (χ0v) is 14.5. The van der Waals surface area contributed by atoms with Crippen LogP contribution in [0.25, 0.3) is 20.5 Å². The average molecular weight is 360 g/mol. The molecule has 0 saturated carbocycles. The molecule has 0 radical (unpaired) electrons. The van der Waals surface area contributed by atoms with Crippen molar-refractivity contribution in [2.75, 3.05) is 13.1 Å². The minimum Gasteiger partial charge on any atom is -0.488 e. The van der Waals surface area contributed by atoms with Gasteiger partial charge in [-0.05, 0) is 12.5 Å². The van der Waals surface area contributed by atoms with Crippen molar-refractivity contribution in [1.82, 2.24) is 20.1 Å². The smallest absolute Gasteiger partial charge is 0.266 e. The lowest BCUT2D eigenvalue weighted by atomic mass is 9.98. The summed E-state index contributed by atoms with van der Waals surface area (Å²) in [6, 6.07) is 0. The largest absolute Gasteiger partial charge is 0.488 e. The van der Waals surface area contributed by atoms with E-state index in [9.17, 15) is 9.18 Å². The van der Waals surface area contributed by atoms with E-state index in [-0.39, 0.29) is 11.7 Å². The molecule has 6 nitrogen and oxygen atoms in total. The molecule has 2 aliphatic heterocycles. The van der Waals surface area contributed by atoms with Crippen LogP contribution in [-0.2, 0) is 13.0 Å². The van der Waals surface area contributed by atoms with Gasteiger partial charge in [0, 0.05) is 48.9 Å². The topological polar surface area (TPSA) is 74.0 Å². The lowest BCUT2D eigenvalue weighted by Crippen LogP contribution is -2.48. The minimum atomic E-state index is -0.751. The quantitative estimate of drug-likeness (QED) is 0.752. The second-order valence-electron chi connectivity index (χ2n) is 6.79. The van der Waals surface area contributed by atoms with E-state index in [0.29, 0.717) is 24.3 Å². The molecule has 1 atom stereocenters. The molecule has 0 bridgehead atoms. The number of likely N-dealkylation sites (tertiary alicyclic amines) is 1. The van der Waals surface area contributed by atoms with Crippen molar-refractivity contribution in [3.05, 3.63) is 34.0 Å². The van der Waals surface area contributed by atoms with Crippen LogP contribution in [0.3, 0.4) is 0 Å². The first-order chi connectivity index (χ1) is 12.1. The van der Waals surface area contributed by atoms with Gasteiger partial charge in [-0.15, -0.1) is 11.3 Å². The van der Waals surface area contributed by atoms with Gasteiger partial charge in [-0.2, -0.15) is 5.10 Å². The van der Waals surface area contributed by atoms with Gasteiger partial charge < -0.3 is 9.72 Å². The molecule has 3 aromatic heterocycles. The number of halogens is 1. The second-order valence-corrected chi connectivity index (χ2v) is 7.81. The molecule has 25 heavy (non-hydrogen) atoms. The number of alkyl halides is 1. The number of nitrogens with one attached hydrogen (secondary N) is 2. The van der Waals surface area contributed by atoms with Crippen LogP contribution in [-0.4, -0.2) is 45.4 Å². The highest BCUT2D eigenvalue weighted by atomic mass is 32.1. The highest BCUT2D eigenvalue weighted by Crippen LogP contribution is 2.47. The maximum Gasteiger partial charge on any atom is 0.266 e. The Morgan fingerprint density at radius 1 is 1.48 bits per heavy atom. The number of ether oxygens (including phenoxy) is 1. The highest BCUT2D eigenvalue weighted by Gasteiger charge is 2.32. The molecular weight excluding hydrogens is 343 g/mol. The Kier molecular flexibility index (Phi) is 3.26. The molecule has 0 unspecified atom stereocenters. The van der Waals surface area contributed by atoms with Crippen molar-refractivity contribution >= 4 is 21.4 Å². The Hall–Kier alpha value is -2.19. The van der Waals surface area contributed by atoms with Gasteiger partial charge in [-0.1, -0.05) is 0 Å². The van der Waals surface area contributed by atoms with E-state index in [4.69, 9.17) is 4.74 Å². The van der Waals surface area contributed by atoms with Crippen molar-refractivity contribution in [1.29, 1.82) is 0 Å². The summed E-state index contributed by atoms with van der Waals surface area (Å²) in [5.41, 5.74) is 2.82. The normalized spacial score (nSPS) is 20.6. The maximum atomic E-state index is 13.1. The van der Waals surface area contributed by atoms with Crippen LogP contribution < -0.4 is 10.3 Å².